The molecule has 0 saturated heterocycles. The van der Waals surface area contributed by atoms with Gasteiger partial charge in [-0.05, 0) is 73.5 Å². The molecule has 3 aromatic rings. The molecule has 0 fully saturated rings. The van der Waals surface area contributed by atoms with Crippen molar-refractivity contribution in [2.75, 3.05) is 40.8 Å². The van der Waals surface area contributed by atoms with E-state index in [0.29, 0.717) is 46.3 Å². The van der Waals surface area contributed by atoms with Crippen molar-refractivity contribution >= 4 is 17.5 Å². The molecule has 226 valence electrons. The van der Waals surface area contributed by atoms with E-state index in [-0.39, 0.29) is 49.1 Å². The number of carbonyl (C=O) groups excluding carboxylic acids is 2. The molecule has 11 nitrogen and oxygen atoms in total. The number of fused-ring (bicyclic) bond motifs is 1. The number of methoxy groups -OCH3 is 2. The van der Waals surface area contributed by atoms with Crippen LogP contribution in [0, 0.1) is 0 Å². The summed E-state index contributed by atoms with van der Waals surface area (Å²) in [6, 6.07) is 15.1. The van der Waals surface area contributed by atoms with E-state index in [0.717, 1.165) is 0 Å². The fourth-order valence-electron chi connectivity index (χ4n) is 5.01. The Morgan fingerprint density at radius 3 is 2.35 bits per heavy atom. The summed E-state index contributed by atoms with van der Waals surface area (Å²) < 4.78 is 44.0. The maximum Gasteiger partial charge on any atom is 0.344 e. The van der Waals surface area contributed by atoms with Gasteiger partial charge in [0.2, 0.25) is 12.5 Å². The van der Waals surface area contributed by atoms with Crippen LogP contribution in [-0.2, 0) is 31.3 Å². The first-order valence-corrected chi connectivity index (χ1v) is 13.7. The van der Waals surface area contributed by atoms with Gasteiger partial charge in [0.15, 0.2) is 29.6 Å². The lowest BCUT2D eigenvalue weighted by Crippen LogP contribution is -2.29. The Morgan fingerprint density at radius 1 is 0.907 bits per heavy atom. The van der Waals surface area contributed by atoms with E-state index in [9.17, 15) is 14.7 Å². The Morgan fingerprint density at radius 2 is 1.65 bits per heavy atom. The molecule has 1 unspecified atom stereocenters. The van der Waals surface area contributed by atoms with Gasteiger partial charge in [-0.3, -0.25) is 0 Å². The van der Waals surface area contributed by atoms with Crippen molar-refractivity contribution in [3.63, 3.8) is 0 Å². The fraction of sp³-hybridized carbons (Fsp3) is 0.312. The number of rotatable bonds is 12. The van der Waals surface area contributed by atoms with Crippen molar-refractivity contribution in [1.82, 2.24) is 0 Å². The molecule has 1 N–H and O–H groups in total. The average molecular weight is 593 g/mol. The number of hydrogen-bond acceptors (Lipinski definition) is 11. The third kappa shape index (κ3) is 5.89. The van der Waals surface area contributed by atoms with Crippen molar-refractivity contribution in [3.8, 4) is 34.5 Å². The molecule has 11 heteroatoms. The lowest BCUT2D eigenvalue weighted by atomic mass is 9.88. The van der Waals surface area contributed by atoms with Crippen LogP contribution in [0.3, 0.4) is 0 Å². The van der Waals surface area contributed by atoms with E-state index in [1.807, 2.05) is 6.92 Å². The van der Waals surface area contributed by atoms with E-state index < -0.39 is 17.7 Å². The van der Waals surface area contributed by atoms with Crippen LogP contribution in [0.5, 0.6) is 34.5 Å². The van der Waals surface area contributed by atoms with Crippen LogP contribution >= 0.6 is 0 Å². The van der Waals surface area contributed by atoms with Crippen molar-refractivity contribution in [3.05, 3.63) is 76.9 Å². The van der Waals surface area contributed by atoms with Crippen LogP contribution in [0.4, 0.5) is 0 Å². The zero-order valence-electron chi connectivity index (χ0n) is 24.3. The van der Waals surface area contributed by atoms with Gasteiger partial charge in [-0.25, -0.2) is 9.59 Å². The Labute approximate surface area is 248 Å². The van der Waals surface area contributed by atoms with E-state index in [4.69, 9.17) is 37.9 Å². The highest BCUT2D eigenvalue weighted by Crippen LogP contribution is 2.48. The van der Waals surface area contributed by atoms with E-state index >= 15 is 0 Å². The summed E-state index contributed by atoms with van der Waals surface area (Å²) in [6.45, 7) is 3.94. The standard InChI is InChI=1S/C32H32O11/c1-5-38-22-10-8-21(9-11-22)32(35)23(29(31(34)43-32)20-7-12-24-25(16-20)42-18-41-24)13-19-14-26(36-3)30(37-4)27(15-19)40-17-28(33)39-6-2/h7-12,14-16,35H,5-6,13,17-18H2,1-4H3. The van der Waals surface area contributed by atoms with Crippen LogP contribution in [0.25, 0.3) is 5.57 Å². The number of hydrogen-bond donors (Lipinski definition) is 1. The highest BCUT2D eigenvalue weighted by atomic mass is 16.7. The molecule has 0 spiro atoms. The number of aliphatic hydroxyl groups is 1. The lowest BCUT2D eigenvalue weighted by molar-refractivity contribution is -0.185. The maximum absolute atomic E-state index is 13.5. The number of ether oxygens (including phenoxy) is 8. The zero-order valence-corrected chi connectivity index (χ0v) is 24.3. The molecule has 2 aliphatic heterocycles. The number of cyclic esters (lactones) is 1. The molecule has 0 amide bonds. The Kier molecular flexibility index (Phi) is 8.63. The quantitative estimate of drug-likeness (QED) is 0.304. The summed E-state index contributed by atoms with van der Waals surface area (Å²) in [5, 5.41) is 12.1. The van der Waals surface area contributed by atoms with Gasteiger partial charge in [-0.2, -0.15) is 0 Å². The van der Waals surface area contributed by atoms with Gasteiger partial charge < -0.3 is 43.0 Å². The summed E-state index contributed by atoms with van der Waals surface area (Å²) in [5.41, 5.74) is 1.81. The summed E-state index contributed by atoms with van der Waals surface area (Å²) in [4.78, 5) is 25.5. The second kappa shape index (κ2) is 12.5. The Balaban J connectivity index is 1.62. The second-order valence-corrected chi connectivity index (χ2v) is 9.51. The van der Waals surface area contributed by atoms with Gasteiger partial charge in [0.1, 0.15) is 5.75 Å². The smallest absolute Gasteiger partial charge is 0.344 e. The van der Waals surface area contributed by atoms with Crippen LogP contribution in [0.2, 0.25) is 0 Å². The van der Waals surface area contributed by atoms with Gasteiger partial charge in [-0.1, -0.05) is 6.07 Å². The van der Waals surface area contributed by atoms with Gasteiger partial charge in [-0.15, -0.1) is 0 Å². The van der Waals surface area contributed by atoms with E-state index in [1.165, 1.54) is 14.2 Å². The van der Waals surface area contributed by atoms with E-state index in [1.54, 1.807) is 61.5 Å². The highest BCUT2D eigenvalue weighted by Gasteiger charge is 2.48. The van der Waals surface area contributed by atoms with Crippen molar-refractivity contribution in [2.45, 2.75) is 26.1 Å². The predicted octanol–water partition coefficient (Wildman–Crippen LogP) is 4.17. The van der Waals surface area contributed by atoms with E-state index in [2.05, 4.69) is 0 Å². The molecule has 0 radical (unpaired) electrons. The first-order valence-electron chi connectivity index (χ1n) is 13.7. The molecule has 2 heterocycles. The number of benzene rings is 3. The molecule has 2 aliphatic rings. The summed E-state index contributed by atoms with van der Waals surface area (Å²) in [6.07, 6.45) is 0.0232. The predicted molar refractivity (Wildman–Crippen MR) is 152 cm³/mol. The summed E-state index contributed by atoms with van der Waals surface area (Å²) >= 11 is 0. The largest absolute Gasteiger partial charge is 0.494 e. The normalized spacial score (nSPS) is 17.0. The average Bonchev–Trinajstić information content (AvgIpc) is 3.57. The molecular formula is C32H32O11. The third-order valence-electron chi connectivity index (χ3n) is 6.91. The SMILES string of the molecule is CCOC(=O)COc1cc(CC2=C(c3ccc4c(c3)OCO4)C(=O)OC2(O)c2ccc(OCC)cc2)cc(OC)c1OC. The maximum atomic E-state index is 13.5. The molecule has 0 saturated carbocycles. The molecule has 3 aromatic carbocycles. The molecule has 0 aliphatic carbocycles. The minimum atomic E-state index is -2.12. The Bertz CT molecular complexity index is 1540. The highest BCUT2D eigenvalue weighted by molar-refractivity contribution is 6.20. The van der Waals surface area contributed by atoms with Gasteiger partial charge in [0, 0.05) is 17.6 Å². The minimum absolute atomic E-state index is 0.0232. The van der Waals surface area contributed by atoms with Gasteiger partial charge in [0.05, 0.1) is 33.0 Å². The fourth-order valence-corrected chi connectivity index (χ4v) is 5.01. The summed E-state index contributed by atoms with van der Waals surface area (Å²) in [5.74, 6) is -0.983. The topological polar surface area (TPSA) is 128 Å². The molecule has 0 aromatic heterocycles. The zero-order chi connectivity index (χ0) is 30.6. The summed E-state index contributed by atoms with van der Waals surface area (Å²) in [7, 11) is 2.91. The van der Waals surface area contributed by atoms with Crippen molar-refractivity contribution < 1.29 is 52.6 Å². The second-order valence-electron chi connectivity index (χ2n) is 9.51. The van der Waals surface area contributed by atoms with Crippen LogP contribution in [0.1, 0.15) is 30.5 Å². The van der Waals surface area contributed by atoms with Gasteiger partial charge >= 0.3 is 11.9 Å². The molecular weight excluding hydrogens is 560 g/mol. The minimum Gasteiger partial charge on any atom is -0.494 e. The first-order chi connectivity index (χ1) is 20.8. The molecule has 43 heavy (non-hydrogen) atoms. The van der Waals surface area contributed by atoms with Crippen LogP contribution < -0.4 is 28.4 Å². The van der Waals surface area contributed by atoms with Crippen LogP contribution in [-0.4, -0.2) is 57.9 Å². The number of carbonyl (C=O) groups is 2. The Hall–Kier alpha value is -4.90. The van der Waals surface area contributed by atoms with Crippen molar-refractivity contribution in [2.24, 2.45) is 0 Å². The van der Waals surface area contributed by atoms with Crippen molar-refractivity contribution in [1.29, 1.82) is 0 Å². The van der Waals surface area contributed by atoms with Crippen LogP contribution in [0.15, 0.2) is 60.2 Å². The molecule has 0 bridgehead atoms. The van der Waals surface area contributed by atoms with Gasteiger partial charge in [0.25, 0.3) is 5.79 Å². The molecule has 1 atom stereocenters. The third-order valence-corrected chi connectivity index (χ3v) is 6.91. The number of esters is 2. The monoisotopic (exact) mass is 592 g/mol. The lowest BCUT2D eigenvalue weighted by Gasteiger charge is -2.26. The molecule has 5 rings (SSSR count). The first kappa shape index (κ1) is 29.6.